The summed E-state index contributed by atoms with van der Waals surface area (Å²) in [7, 11) is 0. The number of likely N-dealkylation sites (tertiary alicyclic amines) is 1. The maximum atomic E-state index is 12.5. The van der Waals surface area contributed by atoms with Gasteiger partial charge < -0.3 is 19.6 Å². The van der Waals surface area contributed by atoms with E-state index in [0.717, 1.165) is 12.8 Å². The molecular weight excluding hydrogens is 272 g/mol. The molecule has 2 amide bonds. The highest BCUT2D eigenvalue weighted by Gasteiger charge is 2.27. The van der Waals surface area contributed by atoms with Crippen molar-refractivity contribution in [2.75, 3.05) is 26.2 Å². The molecule has 1 fully saturated rings. The van der Waals surface area contributed by atoms with Crippen molar-refractivity contribution in [3.8, 4) is 0 Å². The van der Waals surface area contributed by atoms with Gasteiger partial charge in [-0.25, -0.2) is 4.79 Å². The van der Waals surface area contributed by atoms with Crippen LogP contribution in [0.25, 0.3) is 0 Å². The maximum absolute atomic E-state index is 12.5. The first-order valence-corrected chi connectivity index (χ1v) is 7.84. The molecule has 6 nitrogen and oxygen atoms in total. The van der Waals surface area contributed by atoms with E-state index in [1.165, 1.54) is 0 Å². The number of urea groups is 1. The lowest BCUT2D eigenvalue weighted by molar-refractivity contribution is -0.137. The van der Waals surface area contributed by atoms with Gasteiger partial charge in [0.15, 0.2) is 0 Å². The highest BCUT2D eigenvalue weighted by Crippen LogP contribution is 2.16. The number of carboxylic acids is 1. The molecule has 1 saturated heterocycles. The zero-order chi connectivity index (χ0) is 15.8. The molecule has 1 aliphatic heterocycles. The van der Waals surface area contributed by atoms with Crippen molar-refractivity contribution >= 4 is 12.0 Å². The van der Waals surface area contributed by atoms with Gasteiger partial charge in [0, 0.05) is 38.7 Å². The van der Waals surface area contributed by atoms with Crippen molar-refractivity contribution in [3.05, 3.63) is 0 Å². The van der Waals surface area contributed by atoms with Crippen molar-refractivity contribution in [2.45, 2.75) is 58.6 Å². The molecule has 0 radical (unpaired) electrons. The van der Waals surface area contributed by atoms with Crippen molar-refractivity contribution in [3.63, 3.8) is 0 Å². The second-order valence-electron chi connectivity index (χ2n) is 5.71. The molecule has 0 aromatic rings. The van der Waals surface area contributed by atoms with Crippen LogP contribution in [-0.4, -0.2) is 65.3 Å². The van der Waals surface area contributed by atoms with Crippen LogP contribution < -0.4 is 0 Å². The lowest BCUT2D eigenvalue weighted by Crippen LogP contribution is -2.50. The molecular formula is C15H28N2O4. The Labute approximate surface area is 127 Å². The Morgan fingerprint density at radius 2 is 1.95 bits per heavy atom. The zero-order valence-corrected chi connectivity index (χ0v) is 13.4. The second kappa shape index (κ2) is 8.87. The second-order valence-corrected chi connectivity index (χ2v) is 5.71. The summed E-state index contributed by atoms with van der Waals surface area (Å²) in [6, 6.07) is 0.0984. The predicted molar refractivity (Wildman–Crippen MR) is 80.3 cm³/mol. The van der Waals surface area contributed by atoms with Gasteiger partial charge in [-0.1, -0.05) is 0 Å². The molecule has 0 aliphatic carbocycles. The first-order chi connectivity index (χ1) is 9.95. The lowest BCUT2D eigenvalue weighted by atomic mass is 10.1. The molecule has 1 aliphatic rings. The molecule has 0 bridgehead atoms. The molecule has 1 N–H and O–H groups in total. The van der Waals surface area contributed by atoms with Crippen molar-refractivity contribution in [1.82, 2.24) is 9.80 Å². The van der Waals surface area contributed by atoms with Gasteiger partial charge in [-0.3, -0.25) is 4.79 Å². The topological polar surface area (TPSA) is 70.1 Å². The first kappa shape index (κ1) is 17.8. The Morgan fingerprint density at radius 1 is 1.33 bits per heavy atom. The normalized spacial score (nSPS) is 16.3. The van der Waals surface area contributed by atoms with Gasteiger partial charge in [0.2, 0.25) is 0 Å². The van der Waals surface area contributed by atoms with Gasteiger partial charge in [0.05, 0.1) is 6.10 Å². The smallest absolute Gasteiger partial charge is 0.320 e. The largest absolute Gasteiger partial charge is 0.481 e. The van der Waals surface area contributed by atoms with Crippen LogP contribution in [0, 0.1) is 0 Å². The van der Waals surface area contributed by atoms with Crippen LogP contribution in [0.3, 0.4) is 0 Å². The molecule has 1 heterocycles. The number of piperidine rings is 1. The first-order valence-electron chi connectivity index (χ1n) is 7.84. The number of carbonyl (C=O) groups excluding carboxylic acids is 1. The number of hydrogen-bond donors (Lipinski definition) is 1. The fraction of sp³-hybridized carbons (Fsp3) is 0.867. The Hall–Kier alpha value is -1.30. The molecule has 6 heteroatoms. The molecule has 0 atom stereocenters. The Kier molecular flexibility index (Phi) is 7.50. The third kappa shape index (κ3) is 5.91. The predicted octanol–water partition coefficient (Wildman–Crippen LogP) is 2.18. The van der Waals surface area contributed by atoms with Gasteiger partial charge in [-0.2, -0.15) is 0 Å². The van der Waals surface area contributed by atoms with E-state index < -0.39 is 5.97 Å². The van der Waals surface area contributed by atoms with E-state index in [1.54, 1.807) is 4.90 Å². The van der Waals surface area contributed by atoms with Crippen LogP contribution in [0.2, 0.25) is 0 Å². The fourth-order valence-electron chi connectivity index (χ4n) is 2.61. The highest BCUT2D eigenvalue weighted by molar-refractivity contribution is 5.75. The average Bonchev–Trinajstić information content (AvgIpc) is 2.43. The summed E-state index contributed by atoms with van der Waals surface area (Å²) in [5.74, 6) is -0.816. The Balaban J connectivity index is 2.47. The van der Waals surface area contributed by atoms with E-state index in [4.69, 9.17) is 9.84 Å². The number of ether oxygens (including phenoxy) is 1. The van der Waals surface area contributed by atoms with Gasteiger partial charge in [0.25, 0.3) is 0 Å². The van der Waals surface area contributed by atoms with Crippen LogP contribution in [0.15, 0.2) is 0 Å². The minimum atomic E-state index is -0.816. The summed E-state index contributed by atoms with van der Waals surface area (Å²) in [6.07, 6.45) is 2.61. The quantitative estimate of drug-likeness (QED) is 0.782. The number of hydrogen-bond acceptors (Lipinski definition) is 3. The van der Waals surface area contributed by atoms with E-state index in [0.29, 0.717) is 32.7 Å². The third-order valence-electron chi connectivity index (χ3n) is 3.77. The molecule has 1 rings (SSSR count). The molecule has 0 spiro atoms. The molecule has 122 valence electrons. The maximum Gasteiger partial charge on any atom is 0.320 e. The number of carboxylic acid groups (broad SMARTS) is 1. The summed E-state index contributed by atoms with van der Waals surface area (Å²) < 4.78 is 5.59. The van der Waals surface area contributed by atoms with Crippen molar-refractivity contribution in [1.29, 1.82) is 0 Å². The summed E-state index contributed by atoms with van der Waals surface area (Å²) in [4.78, 5) is 26.8. The third-order valence-corrected chi connectivity index (χ3v) is 3.77. The van der Waals surface area contributed by atoms with E-state index in [9.17, 15) is 9.59 Å². The number of amides is 2. The summed E-state index contributed by atoms with van der Waals surface area (Å²) >= 11 is 0. The van der Waals surface area contributed by atoms with E-state index >= 15 is 0 Å². The SMILES string of the molecule is CCOC1CCN(C(=O)N(CCCC(=O)O)C(C)C)CC1. The van der Waals surface area contributed by atoms with Crippen LogP contribution in [0.5, 0.6) is 0 Å². The van der Waals surface area contributed by atoms with Crippen LogP contribution in [-0.2, 0) is 9.53 Å². The number of aliphatic carboxylic acids is 1. The van der Waals surface area contributed by atoms with Gasteiger partial charge >= 0.3 is 12.0 Å². The van der Waals surface area contributed by atoms with Crippen LogP contribution >= 0.6 is 0 Å². The molecule has 21 heavy (non-hydrogen) atoms. The number of rotatable bonds is 7. The average molecular weight is 300 g/mol. The number of carbonyl (C=O) groups is 2. The molecule has 0 aromatic carbocycles. The summed E-state index contributed by atoms with van der Waals surface area (Å²) in [5, 5.41) is 8.70. The van der Waals surface area contributed by atoms with Crippen LogP contribution in [0.4, 0.5) is 4.79 Å². The Bertz CT molecular complexity index is 339. The fourth-order valence-corrected chi connectivity index (χ4v) is 2.61. The number of nitrogens with zero attached hydrogens (tertiary/aromatic N) is 2. The van der Waals surface area contributed by atoms with E-state index in [2.05, 4.69) is 0 Å². The van der Waals surface area contributed by atoms with Gasteiger partial charge in [-0.05, 0) is 40.0 Å². The molecule has 0 aromatic heterocycles. The van der Waals surface area contributed by atoms with Gasteiger partial charge in [-0.15, -0.1) is 0 Å². The van der Waals surface area contributed by atoms with Crippen molar-refractivity contribution < 1.29 is 19.4 Å². The van der Waals surface area contributed by atoms with Gasteiger partial charge in [0.1, 0.15) is 0 Å². The Morgan fingerprint density at radius 3 is 2.43 bits per heavy atom. The summed E-state index contributed by atoms with van der Waals surface area (Å²) in [6.45, 7) is 8.55. The van der Waals surface area contributed by atoms with Crippen LogP contribution in [0.1, 0.15) is 46.5 Å². The minimum absolute atomic E-state index is 0.0188. The summed E-state index contributed by atoms with van der Waals surface area (Å²) in [5.41, 5.74) is 0. The molecule has 0 saturated carbocycles. The van der Waals surface area contributed by atoms with E-state index in [-0.39, 0.29) is 24.6 Å². The van der Waals surface area contributed by atoms with Crippen molar-refractivity contribution in [2.24, 2.45) is 0 Å². The highest BCUT2D eigenvalue weighted by atomic mass is 16.5. The lowest BCUT2D eigenvalue weighted by Gasteiger charge is -2.37. The minimum Gasteiger partial charge on any atom is -0.481 e. The monoisotopic (exact) mass is 300 g/mol. The molecule has 0 unspecified atom stereocenters. The standard InChI is InChI=1S/C15H28N2O4/c1-4-21-13-7-10-16(11-8-13)15(20)17(12(2)3)9-5-6-14(18)19/h12-13H,4-11H2,1-3H3,(H,18,19). The van der Waals surface area contributed by atoms with E-state index in [1.807, 2.05) is 25.7 Å². The zero-order valence-electron chi connectivity index (χ0n) is 13.4.